The van der Waals surface area contributed by atoms with E-state index in [2.05, 4.69) is 54.1 Å². The van der Waals surface area contributed by atoms with Gasteiger partial charge in [0.2, 0.25) is 0 Å². The van der Waals surface area contributed by atoms with Gasteiger partial charge in [0.1, 0.15) is 0 Å². The standard InChI is InChI=1S/C16H25N3/c1-16(2,11-13-7-5-4-6-8-13)12-18-15(17)19(3)14-9-10-14/h4-8,14H,9-12H2,1-3H3,(H2,17,18). The van der Waals surface area contributed by atoms with Crippen LogP contribution in [0.15, 0.2) is 35.3 Å². The molecule has 0 amide bonds. The third-order valence-corrected chi connectivity index (χ3v) is 3.65. The molecule has 0 saturated heterocycles. The number of rotatable bonds is 5. The summed E-state index contributed by atoms with van der Waals surface area (Å²) in [5.41, 5.74) is 7.53. The molecule has 1 aliphatic rings. The van der Waals surface area contributed by atoms with E-state index in [0.29, 0.717) is 12.0 Å². The fourth-order valence-electron chi connectivity index (χ4n) is 2.26. The van der Waals surface area contributed by atoms with Crippen LogP contribution in [0.4, 0.5) is 0 Å². The second kappa shape index (κ2) is 5.64. The maximum Gasteiger partial charge on any atom is 0.191 e. The Bertz CT molecular complexity index is 433. The minimum absolute atomic E-state index is 0.135. The third-order valence-electron chi connectivity index (χ3n) is 3.65. The first kappa shape index (κ1) is 13.9. The second-order valence-corrected chi connectivity index (χ2v) is 6.34. The van der Waals surface area contributed by atoms with Crippen molar-refractivity contribution in [2.45, 2.75) is 39.2 Å². The van der Waals surface area contributed by atoms with Crippen LogP contribution in [0.5, 0.6) is 0 Å². The topological polar surface area (TPSA) is 41.6 Å². The normalized spacial score (nSPS) is 16.5. The van der Waals surface area contributed by atoms with Crippen molar-refractivity contribution < 1.29 is 0 Å². The minimum Gasteiger partial charge on any atom is -0.370 e. The maximum atomic E-state index is 6.03. The van der Waals surface area contributed by atoms with E-state index in [0.717, 1.165) is 13.0 Å². The Morgan fingerprint density at radius 2 is 1.95 bits per heavy atom. The molecule has 0 aliphatic heterocycles. The molecule has 0 atom stereocenters. The summed E-state index contributed by atoms with van der Waals surface area (Å²) in [6, 6.07) is 11.2. The van der Waals surface area contributed by atoms with Crippen LogP contribution in [0.3, 0.4) is 0 Å². The van der Waals surface area contributed by atoms with Gasteiger partial charge >= 0.3 is 0 Å². The molecular weight excluding hydrogens is 234 g/mol. The van der Waals surface area contributed by atoms with Crippen molar-refractivity contribution in [1.29, 1.82) is 0 Å². The lowest BCUT2D eigenvalue weighted by Crippen LogP contribution is -2.36. The smallest absolute Gasteiger partial charge is 0.191 e. The van der Waals surface area contributed by atoms with Gasteiger partial charge in [0.15, 0.2) is 5.96 Å². The predicted octanol–water partition coefficient (Wildman–Crippen LogP) is 2.66. The van der Waals surface area contributed by atoms with Gasteiger partial charge in [-0.3, -0.25) is 4.99 Å². The van der Waals surface area contributed by atoms with Crippen LogP contribution >= 0.6 is 0 Å². The van der Waals surface area contributed by atoms with Crippen molar-refractivity contribution in [2.24, 2.45) is 16.1 Å². The molecule has 104 valence electrons. The number of hydrogen-bond donors (Lipinski definition) is 1. The summed E-state index contributed by atoms with van der Waals surface area (Å²) in [6.45, 7) is 5.26. The molecule has 1 saturated carbocycles. The predicted molar refractivity (Wildman–Crippen MR) is 81.2 cm³/mol. The molecule has 1 fully saturated rings. The van der Waals surface area contributed by atoms with Gasteiger partial charge in [-0.1, -0.05) is 44.2 Å². The van der Waals surface area contributed by atoms with Crippen molar-refractivity contribution in [1.82, 2.24) is 4.90 Å². The van der Waals surface area contributed by atoms with Crippen LogP contribution in [0.25, 0.3) is 0 Å². The first-order valence-electron chi connectivity index (χ1n) is 7.05. The summed E-state index contributed by atoms with van der Waals surface area (Å²) in [4.78, 5) is 6.68. The summed E-state index contributed by atoms with van der Waals surface area (Å²) >= 11 is 0. The molecule has 1 aliphatic carbocycles. The van der Waals surface area contributed by atoms with Gasteiger partial charge in [-0.25, -0.2) is 0 Å². The van der Waals surface area contributed by atoms with E-state index in [-0.39, 0.29) is 5.41 Å². The van der Waals surface area contributed by atoms with E-state index in [1.54, 1.807) is 0 Å². The van der Waals surface area contributed by atoms with Crippen LogP contribution in [0, 0.1) is 5.41 Å². The van der Waals surface area contributed by atoms with Gasteiger partial charge in [0.25, 0.3) is 0 Å². The van der Waals surface area contributed by atoms with Crippen molar-refractivity contribution in [2.75, 3.05) is 13.6 Å². The molecule has 0 heterocycles. The first-order chi connectivity index (χ1) is 8.98. The Labute approximate surface area is 116 Å². The number of hydrogen-bond acceptors (Lipinski definition) is 1. The van der Waals surface area contributed by atoms with Crippen LogP contribution in [-0.4, -0.2) is 30.5 Å². The SMILES string of the molecule is CN(C(N)=NCC(C)(C)Cc1ccccc1)C1CC1. The highest BCUT2D eigenvalue weighted by molar-refractivity contribution is 5.78. The molecule has 0 spiro atoms. The molecule has 2 rings (SSSR count). The van der Waals surface area contributed by atoms with Crippen LogP contribution in [0.2, 0.25) is 0 Å². The molecule has 19 heavy (non-hydrogen) atoms. The maximum absolute atomic E-state index is 6.03. The van der Waals surface area contributed by atoms with Gasteiger partial charge in [0.05, 0.1) is 0 Å². The highest BCUT2D eigenvalue weighted by Gasteiger charge is 2.27. The molecule has 0 bridgehead atoms. The van der Waals surface area contributed by atoms with Crippen molar-refractivity contribution in [3.8, 4) is 0 Å². The first-order valence-corrected chi connectivity index (χ1v) is 7.05. The molecular formula is C16H25N3. The lowest BCUT2D eigenvalue weighted by molar-refractivity contribution is 0.373. The number of benzene rings is 1. The quantitative estimate of drug-likeness (QED) is 0.652. The third kappa shape index (κ3) is 4.27. The van der Waals surface area contributed by atoms with E-state index in [1.165, 1.54) is 18.4 Å². The molecule has 0 aromatic heterocycles. The highest BCUT2D eigenvalue weighted by Crippen LogP contribution is 2.26. The van der Waals surface area contributed by atoms with E-state index in [1.807, 2.05) is 7.05 Å². The molecule has 1 aromatic rings. The van der Waals surface area contributed by atoms with Gasteiger partial charge in [-0.2, -0.15) is 0 Å². The molecule has 2 N–H and O–H groups in total. The lowest BCUT2D eigenvalue weighted by Gasteiger charge is -2.24. The van der Waals surface area contributed by atoms with Gasteiger partial charge in [0, 0.05) is 19.6 Å². The van der Waals surface area contributed by atoms with E-state index >= 15 is 0 Å². The Morgan fingerprint density at radius 3 is 2.53 bits per heavy atom. The van der Waals surface area contributed by atoms with Gasteiger partial charge in [-0.15, -0.1) is 0 Å². The highest BCUT2D eigenvalue weighted by atomic mass is 15.3. The zero-order valence-electron chi connectivity index (χ0n) is 12.3. The Balaban J connectivity index is 1.91. The fraction of sp³-hybridized carbons (Fsp3) is 0.562. The van der Waals surface area contributed by atoms with Crippen LogP contribution in [-0.2, 0) is 6.42 Å². The number of aliphatic imine (C=N–C) groups is 1. The zero-order valence-corrected chi connectivity index (χ0v) is 12.3. The largest absolute Gasteiger partial charge is 0.370 e. The average Bonchev–Trinajstić information content (AvgIpc) is 3.20. The van der Waals surface area contributed by atoms with Crippen LogP contribution < -0.4 is 5.73 Å². The Morgan fingerprint density at radius 1 is 1.32 bits per heavy atom. The summed E-state index contributed by atoms with van der Waals surface area (Å²) in [7, 11) is 2.04. The summed E-state index contributed by atoms with van der Waals surface area (Å²) in [5, 5.41) is 0. The number of nitrogens with zero attached hydrogens (tertiary/aromatic N) is 2. The fourth-order valence-corrected chi connectivity index (χ4v) is 2.26. The molecule has 3 nitrogen and oxygen atoms in total. The van der Waals surface area contributed by atoms with Crippen LogP contribution in [0.1, 0.15) is 32.3 Å². The summed E-state index contributed by atoms with van der Waals surface area (Å²) in [5.74, 6) is 0.684. The lowest BCUT2D eigenvalue weighted by atomic mass is 9.86. The number of nitrogens with two attached hydrogens (primary N) is 1. The molecule has 3 heteroatoms. The van der Waals surface area contributed by atoms with E-state index in [4.69, 9.17) is 5.73 Å². The molecule has 0 unspecified atom stereocenters. The minimum atomic E-state index is 0.135. The summed E-state index contributed by atoms with van der Waals surface area (Å²) in [6.07, 6.45) is 3.53. The van der Waals surface area contributed by atoms with Gasteiger partial charge in [-0.05, 0) is 30.2 Å². The van der Waals surface area contributed by atoms with E-state index in [9.17, 15) is 0 Å². The zero-order chi connectivity index (χ0) is 13.9. The van der Waals surface area contributed by atoms with Crippen molar-refractivity contribution >= 4 is 5.96 Å². The molecule has 0 radical (unpaired) electrons. The molecule has 1 aromatic carbocycles. The van der Waals surface area contributed by atoms with Crippen molar-refractivity contribution in [3.05, 3.63) is 35.9 Å². The van der Waals surface area contributed by atoms with E-state index < -0.39 is 0 Å². The second-order valence-electron chi connectivity index (χ2n) is 6.34. The summed E-state index contributed by atoms with van der Waals surface area (Å²) < 4.78 is 0. The average molecular weight is 259 g/mol. The van der Waals surface area contributed by atoms with Gasteiger partial charge < -0.3 is 10.6 Å². The van der Waals surface area contributed by atoms with Crippen molar-refractivity contribution in [3.63, 3.8) is 0 Å². The number of guanidine groups is 1. The Kier molecular flexibility index (Phi) is 4.13. The monoisotopic (exact) mass is 259 g/mol. The Hall–Kier alpha value is -1.51.